The monoisotopic (exact) mass is 317 g/mol. The third-order valence-corrected chi connectivity index (χ3v) is 4.40. The first-order valence-electron chi connectivity index (χ1n) is 9.10. The number of para-hydroxylation sites is 2. The van der Waals surface area contributed by atoms with E-state index in [4.69, 9.17) is 10.1 Å². The minimum atomic E-state index is 0.474. The molecule has 0 aliphatic heterocycles. The molecule has 1 aromatic carbocycles. The molecular formula is C19H31N3O. The van der Waals surface area contributed by atoms with E-state index in [0.29, 0.717) is 12.3 Å². The molecule has 23 heavy (non-hydrogen) atoms. The van der Waals surface area contributed by atoms with Crippen molar-refractivity contribution in [3.63, 3.8) is 0 Å². The van der Waals surface area contributed by atoms with Gasteiger partial charge in [0.2, 0.25) is 5.62 Å². The average molecular weight is 317 g/mol. The van der Waals surface area contributed by atoms with Crippen molar-refractivity contribution >= 4 is 11.0 Å². The highest BCUT2D eigenvalue weighted by Crippen LogP contribution is 2.13. The first kappa shape index (κ1) is 17.8. The Morgan fingerprint density at radius 1 is 0.870 bits per heavy atom. The minimum absolute atomic E-state index is 0.474. The van der Waals surface area contributed by atoms with Crippen molar-refractivity contribution in [2.24, 2.45) is 0 Å². The molecule has 0 aliphatic carbocycles. The number of rotatable bonds is 11. The fourth-order valence-electron chi connectivity index (χ4n) is 3.06. The van der Waals surface area contributed by atoms with Gasteiger partial charge in [-0.25, -0.2) is 0 Å². The average Bonchev–Trinajstić information content (AvgIpc) is 2.84. The molecular weight excluding hydrogens is 286 g/mol. The lowest BCUT2D eigenvalue weighted by atomic mass is 10.1. The summed E-state index contributed by atoms with van der Waals surface area (Å²) < 4.78 is 9.80. The molecule has 0 amide bonds. The van der Waals surface area contributed by atoms with Gasteiger partial charge in [-0.2, -0.15) is 0 Å². The van der Waals surface area contributed by atoms with Crippen LogP contribution in [-0.2, 0) is 18.0 Å². The van der Waals surface area contributed by atoms with Gasteiger partial charge in [0.1, 0.15) is 6.73 Å². The summed E-state index contributed by atoms with van der Waals surface area (Å²) in [5, 5.41) is 8.33. The molecule has 1 aromatic heterocycles. The van der Waals surface area contributed by atoms with Crippen molar-refractivity contribution < 1.29 is 4.74 Å². The molecule has 0 unspecified atom stereocenters. The smallest absolute Gasteiger partial charge is 0.204 e. The quantitative estimate of drug-likeness (QED) is 0.601. The van der Waals surface area contributed by atoms with Crippen LogP contribution in [0.3, 0.4) is 0 Å². The molecule has 2 rings (SSSR count). The molecule has 0 saturated heterocycles. The highest BCUT2D eigenvalue weighted by atomic mass is 16.5. The van der Waals surface area contributed by atoms with Gasteiger partial charge in [0.05, 0.1) is 11.0 Å². The summed E-state index contributed by atoms with van der Waals surface area (Å²) >= 11 is 0. The van der Waals surface area contributed by atoms with Crippen molar-refractivity contribution in [2.75, 3.05) is 6.61 Å². The minimum Gasteiger partial charge on any atom is -0.361 e. The molecule has 4 heteroatoms. The molecule has 1 N–H and O–H groups in total. The van der Waals surface area contributed by atoms with Crippen molar-refractivity contribution in [1.29, 1.82) is 5.41 Å². The molecule has 0 bridgehead atoms. The second kappa shape index (κ2) is 9.56. The Bertz CT molecular complexity index is 642. The predicted octanol–water partition coefficient (Wildman–Crippen LogP) is 4.67. The fraction of sp³-hybridized carbons (Fsp3) is 0.632. The molecule has 128 valence electrons. The van der Waals surface area contributed by atoms with Crippen LogP contribution in [0.25, 0.3) is 11.0 Å². The standard InChI is InChI=1S/C19H31N3O/c1-3-5-6-7-8-9-12-15-23-16-22-18-14-11-10-13-17(18)21(4-2)19(22)20/h10-11,13-14,20H,3-9,12,15-16H2,1-2H3. The molecule has 0 spiro atoms. The molecule has 2 aromatic rings. The number of hydrogen-bond acceptors (Lipinski definition) is 2. The number of imidazole rings is 1. The van der Waals surface area contributed by atoms with E-state index in [2.05, 4.69) is 26.0 Å². The largest absolute Gasteiger partial charge is 0.361 e. The molecule has 1 heterocycles. The summed E-state index contributed by atoms with van der Waals surface area (Å²) in [6.45, 7) is 6.40. The van der Waals surface area contributed by atoms with E-state index in [-0.39, 0.29) is 0 Å². The molecule has 4 nitrogen and oxygen atoms in total. The van der Waals surface area contributed by atoms with Gasteiger partial charge in [0.15, 0.2) is 0 Å². The normalized spacial score (nSPS) is 11.4. The molecule has 0 radical (unpaired) electrons. The summed E-state index contributed by atoms with van der Waals surface area (Å²) in [6, 6.07) is 8.19. The van der Waals surface area contributed by atoms with E-state index in [1.165, 1.54) is 38.5 Å². The van der Waals surface area contributed by atoms with Gasteiger partial charge in [-0.1, -0.05) is 57.6 Å². The number of hydrogen-bond donors (Lipinski definition) is 1. The molecule has 0 saturated carbocycles. The molecule has 0 fully saturated rings. The molecule has 0 atom stereocenters. The number of nitrogens with one attached hydrogen (secondary N) is 1. The highest BCUT2D eigenvalue weighted by molar-refractivity contribution is 5.75. The lowest BCUT2D eigenvalue weighted by molar-refractivity contribution is 0.0729. The van der Waals surface area contributed by atoms with Crippen molar-refractivity contribution in [1.82, 2.24) is 9.13 Å². The second-order valence-electron chi connectivity index (χ2n) is 6.14. The number of aryl methyl sites for hydroxylation is 1. The van der Waals surface area contributed by atoms with Crippen LogP contribution < -0.4 is 5.62 Å². The summed E-state index contributed by atoms with van der Waals surface area (Å²) in [7, 11) is 0. The fourth-order valence-corrected chi connectivity index (χ4v) is 3.06. The summed E-state index contributed by atoms with van der Waals surface area (Å²) in [6.07, 6.45) is 9.07. The number of ether oxygens (including phenoxy) is 1. The number of unbranched alkanes of at least 4 members (excludes halogenated alkanes) is 6. The van der Waals surface area contributed by atoms with E-state index in [1.807, 2.05) is 21.3 Å². The van der Waals surface area contributed by atoms with E-state index >= 15 is 0 Å². The zero-order chi connectivity index (χ0) is 16.5. The van der Waals surface area contributed by atoms with Gasteiger partial charge >= 0.3 is 0 Å². The van der Waals surface area contributed by atoms with Crippen molar-refractivity contribution in [3.05, 3.63) is 29.9 Å². The summed E-state index contributed by atoms with van der Waals surface area (Å²) in [4.78, 5) is 0. The van der Waals surface area contributed by atoms with Crippen LogP contribution in [0, 0.1) is 5.41 Å². The van der Waals surface area contributed by atoms with E-state index in [9.17, 15) is 0 Å². The predicted molar refractivity (Wildman–Crippen MR) is 95.4 cm³/mol. The SMILES string of the molecule is CCCCCCCCCOCn1c(=N)n(CC)c2ccccc21. The zero-order valence-electron chi connectivity index (χ0n) is 14.7. The van der Waals surface area contributed by atoms with Crippen LogP contribution in [0.2, 0.25) is 0 Å². The number of aromatic nitrogens is 2. The van der Waals surface area contributed by atoms with Gasteiger partial charge in [-0.3, -0.25) is 9.98 Å². The zero-order valence-corrected chi connectivity index (χ0v) is 14.7. The Kier molecular flexibility index (Phi) is 7.40. The lowest BCUT2D eigenvalue weighted by Gasteiger charge is -2.06. The highest BCUT2D eigenvalue weighted by Gasteiger charge is 2.08. The van der Waals surface area contributed by atoms with Crippen molar-refractivity contribution in [2.45, 2.75) is 72.1 Å². The maximum absolute atomic E-state index is 8.33. The second-order valence-corrected chi connectivity index (χ2v) is 6.14. The van der Waals surface area contributed by atoms with Gasteiger partial charge in [0.25, 0.3) is 0 Å². The van der Waals surface area contributed by atoms with Crippen LogP contribution in [0.15, 0.2) is 24.3 Å². The van der Waals surface area contributed by atoms with E-state index in [1.54, 1.807) is 0 Å². The van der Waals surface area contributed by atoms with Gasteiger partial charge in [-0.15, -0.1) is 0 Å². The first-order chi connectivity index (χ1) is 11.3. The maximum atomic E-state index is 8.33. The topological polar surface area (TPSA) is 42.9 Å². The Morgan fingerprint density at radius 2 is 1.48 bits per heavy atom. The van der Waals surface area contributed by atoms with E-state index < -0.39 is 0 Å². The van der Waals surface area contributed by atoms with E-state index in [0.717, 1.165) is 30.6 Å². The first-order valence-corrected chi connectivity index (χ1v) is 9.10. The number of benzene rings is 1. The lowest BCUT2D eigenvalue weighted by Crippen LogP contribution is -2.25. The Morgan fingerprint density at radius 3 is 2.13 bits per heavy atom. The van der Waals surface area contributed by atoms with Crippen LogP contribution in [0.4, 0.5) is 0 Å². The van der Waals surface area contributed by atoms with Gasteiger partial charge < -0.3 is 9.30 Å². The van der Waals surface area contributed by atoms with Crippen LogP contribution in [0.1, 0.15) is 58.8 Å². The maximum Gasteiger partial charge on any atom is 0.204 e. The third kappa shape index (κ3) is 4.71. The van der Waals surface area contributed by atoms with Gasteiger partial charge in [-0.05, 0) is 25.5 Å². The van der Waals surface area contributed by atoms with Crippen LogP contribution in [0.5, 0.6) is 0 Å². The molecule has 0 aliphatic rings. The Balaban J connectivity index is 1.79. The van der Waals surface area contributed by atoms with Gasteiger partial charge in [0, 0.05) is 13.2 Å². The number of fused-ring (bicyclic) bond motifs is 1. The third-order valence-electron chi connectivity index (χ3n) is 4.40. The van der Waals surface area contributed by atoms with Crippen LogP contribution >= 0.6 is 0 Å². The number of nitrogens with zero attached hydrogens (tertiary/aromatic N) is 2. The summed E-state index contributed by atoms with van der Waals surface area (Å²) in [5.41, 5.74) is 2.71. The Hall–Kier alpha value is -1.55. The van der Waals surface area contributed by atoms with Crippen LogP contribution in [-0.4, -0.2) is 15.7 Å². The summed E-state index contributed by atoms with van der Waals surface area (Å²) in [5.74, 6) is 0. The van der Waals surface area contributed by atoms with Crippen molar-refractivity contribution in [3.8, 4) is 0 Å². The Labute approximate surface area is 139 Å².